The number of hydrogen-bond donors (Lipinski definition) is 0. The monoisotopic (exact) mass is 459 g/mol. The summed E-state index contributed by atoms with van der Waals surface area (Å²) in [5.41, 5.74) is 4.00. The second kappa shape index (κ2) is 8.65. The van der Waals surface area contributed by atoms with Gasteiger partial charge in [-0.15, -0.1) is 0 Å². The van der Waals surface area contributed by atoms with Crippen molar-refractivity contribution in [3.8, 4) is 17.0 Å². The Morgan fingerprint density at radius 1 is 1.00 bits per heavy atom. The van der Waals surface area contributed by atoms with Crippen molar-refractivity contribution in [1.29, 1.82) is 0 Å². The third kappa shape index (κ3) is 4.07. The molecule has 0 atom stereocenters. The number of fused-ring (bicyclic) bond motifs is 1. The van der Waals surface area contributed by atoms with Crippen LogP contribution >= 0.6 is 23.4 Å². The highest BCUT2D eigenvalue weighted by molar-refractivity contribution is 7.98. The fourth-order valence-electron chi connectivity index (χ4n) is 3.49. The molecule has 7 heteroatoms. The van der Waals surface area contributed by atoms with Gasteiger partial charge in [0.25, 0.3) is 5.56 Å². The fraction of sp³-hybridized carbons (Fsp3) is 0.0800. The number of nitrogens with zero attached hydrogens (tertiary/aromatic N) is 3. The number of benzene rings is 3. The molecule has 0 aliphatic rings. The molecule has 0 bridgehead atoms. The summed E-state index contributed by atoms with van der Waals surface area (Å²) in [6, 6.07) is 24.7. The van der Waals surface area contributed by atoms with Crippen LogP contribution in [0.15, 0.2) is 93.3 Å². The molecule has 0 spiro atoms. The minimum Gasteiger partial charge on any atom is -0.356 e. The molecule has 32 heavy (non-hydrogen) atoms. The highest BCUT2D eigenvalue weighted by Crippen LogP contribution is 2.27. The average molecular weight is 460 g/mol. The van der Waals surface area contributed by atoms with Gasteiger partial charge in [-0.25, -0.2) is 4.98 Å². The van der Waals surface area contributed by atoms with Gasteiger partial charge in [0.05, 0.1) is 22.3 Å². The molecule has 3 aromatic carbocycles. The number of rotatable bonds is 5. The Hall–Kier alpha value is -3.35. The molecule has 5 rings (SSSR count). The van der Waals surface area contributed by atoms with E-state index in [4.69, 9.17) is 21.1 Å². The van der Waals surface area contributed by atoms with Crippen LogP contribution in [0.25, 0.3) is 27.9 Å². The molecule has 2 heterocycles. The summed E-state index contributed by atoms with van der Waals surface area (Å²) in [7, 11) is 0. The fourth-order valence-corrected chi connectivity index (χ4v) is 4.55. The lowest BCUT2D eigenvalue weighted by Crippen LogP contribution is -2.21. The predicted octanol–water partition coefficient (Wildman–Crippen LogP) is 6.29. The highest BCUT2D eigenvalue weighted by atomic mass is 35.5. The van der Waals surface area contributed by atoms with E-state index in [0.717, 1.165) is 22.5 Å². The van der Waals surface area contributed by atoms with Crippen LogP contribution in [0.2, 0.25) is 5.02 Å². The zero-order valence-corrected chi connectivity index (χ0v) is 18.7. The Kier molecular flexibility index (Phi) is 5.55. The van der Waals surface area contributed by atoms with Gasteiger partial charge in [-0.3, -0.25) is 9.36 Å². The van der Waals surface area contributed by atoms with E-state index >= 15 is 0 Å². The first-order valence-electron chi connectivity index (χ1n) is 10.0. The van der Waals surface area contributed by atoms with Gasteiger partial charge in [0, 0.05) is 22.4 Å². The van der Waals surface area contributed by atoms with Crippen LogP contribution in [-0.4, -0.2) is 14.7 Å². The molecular weight excluding hydrogens is 442 g/mol. The summed E-state index contributed by atoms with van der Waals surface area (Å²) >= 11 is 7.59. The number of thioether (sulfide) groups is 1. The molecule has 0 aliphatic heterocycles. The van der Waals surface area contributed by atoms with Gasteiger partial charge in [0.15, 0.2) is 10.9 Å². The SMILES string of the molecule is Cc1cccc(-n2c(SCc3cc(-c4ccccc4)on3)nc3cc(Cl)ccc3c2=O)c1. The summed E-state index contributed by atoms with van der Waals surface area (Å²) < 4.78 is 7.15. The van der Waals surface area contributed by atoms with Crippen molar-refractivity contribution in [3.63, 3.8) is 0 Å². The minimum atomic E-state index is -0.134. The zero-order chi connectivity index (χ0) is 22.1. The Balaban J connectivity index is 1.55. The van der Waals surface area contributed by atoms with Crippen LogP contribution in [-0.2, 0) is 5.75 Å². The second-order valence-corrected chi connectivity index (χ2v) is 8.75. The largest absolute Gasteiger partial charge is 0.356 e. The van der Waals surface area contributed by atoms with E-state index in [0.29, 0.717) is 32.6 Å². The number of hydrogen-bond acceptors (Lipinski definition) is 5. The second-order valence-electron chi connectivity index (χ2n) is 7.37. The molecule has 0 aliphatic carbocycles. The first kappa shape index (κ1) is 20.5. The molecule has 5 nitrogen and oxygen atoms in total. The molecule has 0 saturated carbocycles. The van der Waals surface area contributed by atoms with E-state index in [1.165, 1.54) is 11.8 Å². The van der Waals surface area contributed by atoms with Crippen molar-refractivity contribution < 1.29 is 4.52 Å². The van der Waals surface area contributed by atoms with Crippen LogP contribution in [0.4, 0.5) is 0 Å². The zero-order valence-electron chi connectivity index (χ0n) is 17.2. The molecule has 0 fully saturated rings. The lowest BCUT2D eigenvalue weighted by atomic mass is 10.2. The summed E-state index contributed by atoms with van der Waals surface area (Å²) in [4.78, 5) is 18.2. The van der Waals surface area contributed by atoms with Gasteiger partial charge in [0.2, 0.25) is 0 Å². The molecule has 0 unspecified atom stereocenters. The molecule has 0 radical (unpaired) electrons. The molecule has 0 amide bonds. The summed E-state index contributed by atoms with van der Waals surface area (Å²) in [5, 5.41) is 5.82. The van der Waals surface area contributed by atoms with E-state index in [2.05, 4.69) is 5.16 Å². The maximum absolute atomic E-state index is 13.4. The van der Waals surface area contributed by atoms with Gasteiger partial charge in [-0.05, 0) is 42.8 Å². The molecule has 5 aromatic rings. The van der Waals surface area contributed by atoms with Gasteiger partial charge in [-0.1, -0.05) is 71.0 Å². The maximum atomic E-state index is 13.4. The molecule has 0 N–H and O–H groups in total. The van der Waals surface area contributed by atoms with Crippen molar-refractivity contribution in [2.45, 2.75) is 17.8 Å². The first-order valence-corrected chi connectivity index (χ1v) is 11.4. The summed E-state index contributed by atoms with van der Waals surface area (Å²) in [5.74, 6) is 1.20. The van der Waals surface area contributed by atoms with Crippen LogP contribution in [0.5, 0.6) is 0 Å². The average Bonchev–Trinajstić information content (AvgIpc) is 3.27. The van der Waals surface area contributed by atoms with E-state index < -0.39 is 0 Å². The molecule has 158 valence electrons. The van der Waals surface area contributed by atoms with E-state index in [-0.39, 0.29) is 5.56 Å². The first-order chi connectivity index (χ1) is 15.6. The lowest BCUT2D eigenvalue weighted by Gasteiger charge is -2.13. The topological polar surface area (TPSA) is 60.9 Å². The minimum absolute atomic E-state index is 0.134. The van der Waals surface area contributed by atoms with Crippen molar-refractivity contribution in [3.05, 3.63) is 105 Å². The van der Waals surface area contributed by atoms with Crippen LogP contribution in [0.3, 0.4) is 0 Å². The van der Waals surface area contributed by atoms with Crippen molar-refractivity contribution in [2.75, 3.05) is 0 Å². The molecular formula is C25H18ClN3O2S. The van der Waals surface area contributed by atoms with Crippen LogP contribution in [0.1, 0.15) is 11.3 Å². The van der Waals surface area contributed by atoms with Crippen molar-refractivity contribution in [2.24, 2.45) is 0 Å². The number of halogens is 1. The Bertz CT molecular complexity index is 1480. The Morgan fingerprint density at radius 2 is 1.84 bits per heavy atom. The summed E-state index contributed by atoms with van der Waals surface area (Å²) in [6.07, 6.45) is 0. The van der Waals surface area contributed by atoms with Gasteiger partial charge in [-0.2, -0.15) is 0 Å². The highest BCUT2D eigenvalue weighted by Gasteiger charge is 2.15. The predicted molar refractivity (Wildman–Crippen MR) is 129 cm³/mol. The maximum Gasteiger partial charge on any atom is 0.266 e. The third-order valence-electron chi connectivity index (χ3n) is 5.03. The smallest absolute Gasteiger partial charge is 0.266 e. The molecule has 2 aromatic heterocycles. The Labute approximate surface area is 193 Å². The summed E-state index contributed by atoms with van der Waals surface area (Å²) in [6.45, 7) is 2.00. The standard InChI is InChI=1S/C25H18ClN3O2S/c1-16-6-5-9-20(12-16)29-24(30)21-11-10-18(26)13-22(21)27-25(29)32-15-19-14-23(31-28-19)17-7-3-2-4-8-17/h2-14H,15H2,1H3. The quantitative estimate of drug-likeness (QED) is 0.228. The van der Waals surface area contributed by atoms with Crippen LogP contribution in [0, 0.1) is 6.92 Å². The van der Waals surface area contributed by atoms with Crippen molar-refractivity contribution >= 4 is 34.3 Å². The van der Waals surface area contributed by atoms with Gasteiger partial charge >= 0.3 is 0 Å². The van der Waals surface area contributed by atoms with Crippen molar-refractivity contribution in [1.82, 2.24) is 14.7 Å². The van der Waals surface area contributed by atoms with Crippen LogP contribution < -0.4 is 5.56 Å². The third-order valence-corrected chi connectivity index (χ3v) is 6.23. The van der Waals surface area contributed by atoms with E-state index in [9.17, 15) is 4.79 Å². The Morgan fingerprint density at radius 3 is 2.66 bits per heavy atom. The molecule has 0 saturated heterocycles. The number of aromatic nitrogens is 3. The van der Waals surface area contributed by atoms with E-state index in [1.807, 2.05) is 67.6 Å². The van der Waals surface area contributed by atoms with Gasteiger partial charge < -0.3 is 4.52 Å². The normalized spacial score (nSPS) is 11.2. The van der Waals surface area contributed by atoms with Gasteiger partial charge in [0.1, 0.15) is 0 Å². The lowest BCUT2D eigenvalue weighted by molar-refractivity contribution is 0.426. The van der Waals surface area contributed by atoms with E-state index in [1.54, 1.807) is 22.8 Å². The number of aryl methyl sites for hydroxylation is 1.